The van der Waals surface area contributed by atoms with Crippen LogP contribution in [0.1, 0.15) is 17.3 Å². The Bertz CT molecular complexity index is 2030. The van der Waals surface area contributed by atoms with Gasteiger partial charge in [-0.1, -0.05) is 0 Å². The van der Waals surface area contributed by atoms with Gasteiger partial charge in [-0.05, 0) is 55.5 Å². The van der Waals surface area contributed by atoms with Crippen LogP contribution < -0.4 is 20.3 Å². The summed E-state index contributed by atoms with van der Waals surface area (Å²) in [6.45, 7) is 1.92. The Balaban J connectivity index is 1.26. The third-order valence-corrected chi connectivity index (χ3v) is 7.65. The number of ether oxygens (including phenoxy) is 2. The second-order valence-corrected chi connectivity index (χ2v) is 10.4. The number of fused-ring (bicyclic) bond motifs is 1. The molecule has 0 saturated heterocycles. The SMILES string of the molecule is CCOc1ccn(-c2ccc(F)cc2)c(=O)c1C(=O)Nc1ccc(Oc2ccnc3cc(-c4nccn4C)sc23)c(F)c1. The lowest BCUT2D eigenvalue weighted by molar-refractivity contribution is 0.102. The van der Waals surface area contributed by atoms with Crippen molar-refractivity contribution in [1.29, 1.82) is 0 Å². The van der Waals surface area contributed by atoms with Crippen molar-refractivity contribution >= 4 is 33.1 Å². The molecule has 0 aliphatic heterocycles. The molecule has 1 amide bonds. The summed E-state index contributed by atoms with van der Waals surface area (Å²) in [5.74, 6) is -0.807. The highest BCUT2D eigenvalue weighted by molar-refractivity contribution is 7.22. The van der Waals surface area contributed by atoms with Crippen LogP contribution in [0.5, 0.6) is 17.2 Å². The van der Waals surface area contributed by atoms with E-state index in [9.17, 15) is 14.0 Å². The minimum atomic E-state index is -0.797. The van der Waals surface area contributed by atoms with Crippen LogP contribution in [0.3, 0.4) is 0 Å². The predicted molar refractivity (Wildman–Crippen MR) is 159 cm³/mol. The molecular weight excluding hydrogens is 576 g/mol. The van der Waals surface area contributed by atoms with E-state index in [0.29, 0.717) is 17.0 Å². The normalized spacial score (nSPS) is 11.1. The number of carbonyl (C=O) groups excluding carboxylic acids is 1. The van der Waals surface area contributed by atoms with E-state index >= 15 is 4.39 Å². The molecule has 6 aromatic rings. The van der Waals surface area contributed by atoms with Crippen LogP contribution in [0, 0.1) is 11.6 Å². The predicted octanol–water partition coefficient (Wildman–Crippen LogP) is 6.57. The number of benzene rings is 2. The first-order chi connectivity index (χ1) is 20.8. The lowest BCUT2D eigenvalue weighted by Crippen LogP contribution is -2.29. The molecule has 1 N–H and O–H groups in total. The molecule has 0 spiro atoms. The molecule has 0 saturated carbocycles. The van der Waals surface area contributed by atoms with E-state index < -0.39 is 23.1 Å². The van der Waals surface area contributed by atoms with Crippen LogP contribution in [-0.2, 0) is 7.05 Å². The first-order valence-corrected chi connectivity index (χ1v) is 13.9. The van der Waals surface area contributed by atoms with E-state index in [1.807, 2.05) is 23.9 Å². The zero-order valence-electron chi connectivity index (χ0n) is 22.9. The highest BCUT2D eigenvalue weighted by Crippen LogP contribution is 2.39. The molecular formula is C31H23F2N5O4S. The van der Waals surface area contributed by atoms with Crippen LogP contribution in [0.4, 0.5) is 14.5 Å². The number of amides is 1. The number of pyridine rings is 2. The van der Waals surface area contributed by atoms with E-state index in [4.69, 9.17) is 9.47 Å². The summed E-state index contributed by atoms with van der Waals surface area (Å²) >= 11 is 1.42. The van der Waals surface area contributed by atoms with Crippen LogP contribution in [0.25, 0.3) is 26.6 Å². The second-order valence-electron chi connectivity index (χ2n) is 9.34. The quantitative estimate of drug-likeness (QED) is 0.213. The Hall–Kier alpha value is -5.36. The maximum absolute atomic E-state index is 15.2. The third-order valence-electron chi connectivity index (χ3n) is 6.51. The molecule has 0 atom stereocenters. The highest BCUT2D eigenvalue weighted by Gasteiger charge is 2.21. The Kier molecular flexibility index (Phi) is 7.43. The van der Waals surface area contributed by atoms with Crippen LogP contribution in [0.2, 0.25) is 0 Å². The second kappa shape index (κ2) is 11.5. The molecule has 2 aromatic carbocycles. The molecule has 43 heavy (non-hydrogen) atoms. The van der Waals surface area contributed by atoms with Crippen LogP contribution >= 0.6 is 11.3 Å². The minimum absolute atomic E-state index is 0.0614. The fourth-order valence-electron chi connectivity index (χ4n) is 4.49. The molecule has 0 fully saturated rings. The number of nitrogens with zero attached hydrogens (tertiary/aromatic N) is 4. The van der Waals surface area contributed by atoms with Gasteiger partial charge in [0.05, 0.1) is 21.7 Å². The molecule has 0 bridgehead atoms. The number of anilines is 1. The molecule has 0 radical (unpaired) electrons. The summed E-state index contributed by atoms with van der Waals surface area (Å²) in [5.41, 5.74) is 0.179. The van der Waals surface area contributed by atoms with E-state index in [0.717, 1.165) is 21.5 Å². The van der Waals surface area contributed by atoms with Crippen molar-refractivity contribution < 1.29 is 23.0 Å². The number of nitrogens with one attached hydrogen (secondary N) is 1. The third kappa shape index (κ3) is 5.47. The number of hydrogen-bond donors (Lipinski definition) is 1. The van der Waals surface area contributed by atoms with Crippen molar-refractivity contribution in [2.45, 2.75) is 6.92 Å². The average molecular weight is 600 g/mol. The van der Waals surface area contributed by atoms with E-state index in [-0.39, 0.29) is 29.4 Å². The fraction of sp³-hybridized carbons (Fsp3) is 0.0968. The van der Waals surface area contributed by atoms with Gasteiger partial charge in [-0.2, -0.15) is 0 Å². The number of carbonyl (C=O) groups is 1. The first-order valence-electron chi connectivity index (χ1n) is 13.1. The largest absolute Gasteiger partial charge is 0.493 e. The summed E-state index contributed by atoms with van der Waals surface area (Å²) in [6, 6.07) is 14.2. The lowest BCUT2D eigenvalue weighted by atomic mass is 10.2. The number of thiophene rings is 1. The molecule has 0 unspecified atom stereocenters. The van der Waals surface area contributed by atoms with E-state index in [1.165, 1.54) is 64.6 Å². The Morgan fingerprint density at radius 3 is 2.49 bits per heavy atom. The van der Waals surface area contributed by atoms with Crippen molar-refractivity contribution in [1.82, 2.24) is 19.1 Å². The molecule has 9 nitrogen and oxygen atoms in total. The van der Waals surface area contributed by atoms with Gasteiger partial charge in [0.2, 0.25) is 0 Å². The number of hydrogen-bond acceptors (Lipinski definition) is 7. The average Bonchev–Trinajstić information content (AvgIpc) is 3.62. The number of aromatic nitrogens is 4. The van der Waals surface area contributed by atoms with Crippen molar-refractivity contribution in [3.8, 4) is 33.6 Å². The van der Waals surface area contributed by atoms with E-state index in [1.54, 1.807) is 25.4 Å². The summed E-state index contributed by atoms with van der Waals surface area (Å²) in [4.78, 5) is 36.3. The minimum Gasteiger partial charge on any atom is -0.493 e. The van der Waals surface area contributed by atoms with Crippen LogP contribution in [0.15, 0.2) is 90.2 Å². The van der Waals surface area contributed by atoms with Gasteiger partial charge >= 0.3 is 0 Å². The highest BCUT2D eigenvalue weighted by atomic mass is 32.1. The van der Waals surface area contributed by atoms with Crippen molar-refractivity contribution in [2.24, 2.45) is 7.05 Å². The molecule has 6 rings (SSSR count). The zero-order valence-corrected chi connectivity index (χ0v) is 23.7. The summed E-state index contributed by atoms with van der Waals surface area (Å²) < 4.78 is 43.9. The van der Waals surface area contributed by atoms with Crippen molar-refractivity contribution in [3.05, 3.63) is 113 Å². The number of aryl methyl sites for hydroxylation is 1. The smallest absolute Gasteiger partial charge is 0.271 e. The maximum Gasteiger partial charge on any atom is 0.271 e. The van der Waals surface area contributed by atoms with Gasteiger partial charge in [-0.25, -0.2) is 13.8 Å². The van der Waals surface area contributed by atoms with Crippen molar-refractivity contribution in [2.75, 3.05) is 11.9 Å². The first kappa shape index (κ1) is 27.8. The zero-order chi connectivity index (χ0) is 30.1. The Morgan fingerprint density at radius 1 is 0.953 bits per heavy atom. The lowest BCUT2D eigenvalue weighted by Gasteiger charge is -2.14. The summed E-state index contributed by atoms with van der Waals surface area (Å²) in [6.07, 6.45) is 6.56. The fourth-order valence-corrected chi connectivity index (χ4v) is 5.60. The summed E-state index contributed by atoms with van der Waals surface area (Å²) in [7, 11) is 1.89. The molecule has 0 aliphatic carbocycles. The van der Waals surface area contributed by atoms with Crippen molar-refractivity contribution in [3.63, 3.8) is 0 Å². The Morgan fingerprint density at radius 2 is 1.77 bits per heavy atom. The standard InChI is InChI=1S/C31H23F2N5O4S/c1-3-41-24-11-14-38(20-7-4-18(32)5-8-20)31(40)27(24)30(39)36-19-6-9-23(21(33)16-19)42-25-10-12-34-22-17-26(43-28(22)25)29-35-13-15-37(29)2/h4-17H,3H2,1-2H3,(H,36,39). The summed E-state index contributed by atoms with van der Waals surface area (Å²) in [5, 5.41) is 2.57. The van der Waals surface area contributed by atoms with E-state index in [2.05, 4.69) is 15.3 Å². The molecule has 216 valence electrons. The number of halogens is 2. The van der Waals surface area contributed by atoms with Gasteiger partial charge in [0.15, 0.2) is 11.6 Å². The molecule has 4 aromatic heterocycles. The van der Waals surface area contributed by atoms with Gasteiger partial charge in [0.1, 0.15) is 28.7 Å². The molecule has 12 heteroatoms. The molecule has 0 aliphatic rings. The maximum atomic E-state index is 15.2. The van der Waals surface area contributed by atoms with Gasteiger partial charge < -0.3 is 19.4 Å². The number of rotatable bonds is 8. The Labute approximate surface area is 247 Å². The number of imidazole rings is 1. The van der Waals surface area contributed by atoms with Gasteiger partial charge in [-0.15, -0.1) is 11.3 Å². The monoisotopic (exact) mass is 599 g/mol. The van der Waals surface area contributed by atoms with Crippen LogP contribution in [-0.4, -0.2) is 31.6 Å². The van der Waals surface area contributed by atoms with Gasteiger partial charge in [0.25, 0.3) is 11.5 Å². The van der Waals surface area contributed by atoms with Gasteiger partial charge in [-0.3, -0.25) is 19.1 Å². The topological polar surface area (TPSA) is 100 Å². The van der Waals surface area contributed by atoms with Gasteiger partial charge in [0, 0.05) is 55.3 Å². The molecule has 4 heterocycles.